The first kappa shape index (κ1) is 8.83. The average molecular weight is 76.1 g/mol. The predicted molar refractivity (Wildman–Crippen MR) is 20.1 cm³/mol. The molecule has 0 spiro atoms. The number of nitrogens with one attached hydrogen (secondary N) is 1. The van der Waals surface area contributed by atoms with Gasteiger partial charge in [0.1, 0.15) is 0 Å². The van der Waals surface area contributed by atoms with Crippen LogP contribution in [0.15, 0.2) is 0 Å². The van der Waals surface area contributed by atoms with E-state index in [-0.39, 0.29) is 6.15 Å². The third-order valence-electron chi connectivity index (χ3n) is 0.118. The number of hydrogen-bond acceptors (Lipinski definition) is 2. The molecule has 0 aromatic rings. The van der Waals surface area contributed by atoms with E-state index in [1.54, 1.807) is 7.05 Å². The van der Waals surface area contributed by atoms with Gasteiger partial charge >= 0.3 is 0 Å². The molecule has 0 fully saturated rings. The van der Waals surface area contributed by atoms with Crippen LogP contribution in [-0.2, 0) is 4.79 Å². The topological polar surface area (TPSA) is 64.1 Å². The molecular formula is C2H8N2O. The highest BCUT2D eigenvalue weighted by atomic mass is 16.1. The predicted octanol–water partition coefficient (Wildman–Crippen LogP) is -0.476. The quantitative estimate of drug-likeness (QED) is 0.414. The first-order chi connectivity index (χ1) is 1.91. The van der Waals surface area contributed by atoms with Gasteiger partial charge in [-0.05, 0) is 0 Å². The Bertz CT molecular complexity index is 21.6. The summed E-state index contributed by atoms with van der Waals surface area (Å²) in [5.74, 6) is 0. The number of hydrogen-bond donors (Lipinski definition) is 2. The van der Waals surface area contributed by atoms with E-state index >= 15 is 0 Å². The molecule has 0 aliphatic rings. The van der Waals surface area contributed by atoms with Crippen LogP contribution in [0.2, 0.25) is 0 Å². The largest absolute Gasteiger partial charge is 0.362 e. The van der Waals surface area contributed by atoms with E-state index < -0.39 is 0 Å². The molecule has 3 nitrogen and oxygen atoms in total. The van der Waals surface area contributed by atoms with Gasteiger partial charge in [0.25, 0.3) is 0 Å². The minimum atomic E-state index is 0. The summed E-state index contributed by atoms with van der Waals surface area (Å²) < 4.78 is 0. The fraction of sp³-hybridized carbons (Fsp3) is 0.500. The fourth-order valence-corrected chi connectivity index (χ4v) is 0. The summed E-state index contributed by atoms with van der Waals surface area (Å²) in [5.41, 5.74) is 0. The van der Waals surface area contributed by atoms with Gasteiger partial charge in [-0.15, -0.1) is 0 Å². The maximum absolute atomic E-state index is 9.06. The molecule has 1 amide bonds. The van der Waals surface area contributed by atoms with E-state index in [1.807, 2.05) is 0 Å². The number of carbonyl (C=O) groups is 1. The third kappa shape index (κ3) is 37.9. The van der Waals surface area contributed by atoms with Gasteiger partial charge in [-0.3, -0.25) is 4.79 Å². The molecule has 0 unspecified atom stereocenters. The molecule has 3 heteroatoms. The van der Waals surface area contributed by atoms with Crippen molar-refractivity contribution in [1.29, 1.82) is 0 Å². The third-order valence-corrected chi connectivity index (χ3v) is 0.118. The molecule has 0 atom stereocenters. The lowest BCUT2D eigenvalue weighted by atomic mass is 11.2. The zero-order valence-corrected chi connectivity index (χ0v) is 3.19. The van der Waals surface area contributed by atoms with Crippen molar-refractivity contribution in [2.75, 3.05) is 7.05 Å². The second kappa shape index (κ2) is 9.90. The highest BCUT2D eigenvalue weighted by molar-refractivity contribution is 5.44. The zero-order valence-electron chi connectivity index (χ0n) is 3.19. The second-order valence-corrected chi connectivity index (χ2v) is 0.407. The number of carbonyl (C=O) groups excluding carboxylic acids is 1. The van der Waals surface area contributed by atoms with Crippen molar-refractivity contribution in [2.24, 2.45) is 0 Å². The van der Waals surface area contributed by atoms with Crippen molar-refractivity contribution in [2.45, 2.75) is 0 Å². The molecule has 0 aliphatic heterocycles. The fourth-order valence-electron chi connectivity index (χ4n) is 0. The SMILES string of the molecule is CNC=O.N. The van der Waals surface area contributed by atoms with E-state index in [2.05, 4.69) is 5.32 Å². The summed E-state index contributed by atoms with van der Waals surface area (Å²) >= 11 is 0. The van der Waals surface area contributed by atoms with Gasteiger partial charge in [-0.2, -0.15) is 0 Å². The molecule has 0 radical (unpaired) electrons. The van der Waals surface area contributed by atoms with Crippen LogP contribution in [0.3, 0.4) is 0 Å². The molecule has 0 heterocycles. The molecule has 0 saturated carbocycles. The normalized spacial score (nSPS) is 4.20. The van der Waals surface area contributed by atoms with Crippen LogP contribution < -0.4 is 11.5 Å². The second-order valence-electron chi connectivity index (χ2n) is 0.407. The van der Waals surface area contributed by atoms with E-state index in [0.717, 1.165) is 0 Å². The van der Waals surface area contributed by atoms with Crippen molar-refractivity contribution < 1.29 is 4.79 Å². The zero-order chi connectivity index (χ0) is 3.41. The number of amides is 1. The van der Waals surface area contributed by atoms with Crippen LogP contribution in [0.4, 0.5) is 0 Å². The van der Waals surface area contributed by atoms with E-state index in [1.165, 1.54) is 0 Å². The van der Waals surface area contributed by atoms with Crippen molar-refractivity contribution in [3.63, 3.8) is 0 Å². The summed E-state index contributed by atoms with van der Waals surface area (Å²) in [7, 11) is 1.56. The Kier molecular flexibility index (Phi) is 17.5. The van der Waals surface area contributed by atoms with Crippen LogP contribution >= 0.6 is 0 Å². The van der Waals surface area contributed by atoms with Gasteiger partial charge in [0.05, 0.1) is 0 Å². The van der Waals surface area contributed by atoms with E-state index in [9.17, 15) is 0 Å². The van der Waals surface area contributed by atoms with Crippen molar-refractivity contribution in [3.8, 4) is 0 Å². The van der Waals surface area contributed by atoms with Gasteiger partial charge < -0.3 is 11.5 Å². The lowest BCUT2D eigenvalue weighted by Gasteiger charge is -1.64. The van der Waals surface area contributed by atoms with Gasteiger partial charge in [-0.25, -0.2) is 0 Å². The Morgan fingerprint density at radius 2 is 2.00 bits per heavy atom. The van der Waals surface area contributed by atoms with Gasteiger partial charge in [0.2, 0.25) is 6.41 Å². The van der Waals surface area contributed by atoms with Crippen molar-refractivity contribution >= 4 is 6.41 Å². The summed E-state index contributed by atoms with van der Waals surface area (Å²) in [4.78, 5) is 9.06. The van der Waals surface area contributed by atoms with E-state index in [0.29, 0.717) is 6.41 Å². The summed E-state index contributed by atoms with van der Waals surface area (Å²) in [6.07, 6.45) is 0.625. The van der Waals surface area contributed by atoms with Crippen molar-refractivity contribution in [1.82, 2.24) is 11.5 Å². The van der Waals surface area contributed by atoms with Crippen LogP contribution in [0, 0.1) is 0 Å². The Balaban J connectivity index is 0. The van der Waals surface area contributed by atoms with E-state index in [4.69, 9.17) is 4.79 Å². The first-order valence-electron chi connectivity index (χ1n) is 1.02. The summed E-state index contributed by atoms with van der Waals surface area (Å²) in [6, 6.07) is 0. The maximum atomic E-state index is 9.06. The van der Waals surface area contributed by atoms with Crippen LogP contribution in [0.25, 0.3) is 0 Å². The average Bonchev–Trinajstić information content (AvgIpc) is 1.37. The summed E-state index contributed by atoms with van der Waals surface area (Å²) in [5, 5.41) is 2.25. The molecule has 0 rings (SSSR count). The highest BCUT2D eigenvalue weighted by Crippen LogP contribution is 1.09. The first-order valence-corrected chi connectivity index (χ1v) is 1.02. The summed E-state index contributed by atoms with van der Waals surface area (Å²) in [6.45, 7) is 0. The molecule has 0 aromatic carbocycles. The molecule has 0 bridgehead atoms. The standard InChI is InChI=1S/C2H5NO.H3N/c1-3-2-4;/h2H,1H3,(H,3,4);1H3. The molecule has 32 valence electrons. The lowest BCUT2D eigenvalue weighted by Crippen LogP contribution is -1.98. The Morgan fingerprint density at radius 3 is 2.00 bits per heavy atom. The van der Waals surface area contributed by atoms with Crippen molar-refractivity contribution in [3.05, 3.63) is 0 Å². The molecule has 0 saturated heterocycles. The number of rotatable bonds is 1. The van der Waals surface area contributed by atoms with Crippen LogP contribution in [0.1, 0.15) is 0 Å². The van der Waals surface area contributed by atoms with Gasteiger partial charge in [0.15, 0.2) is 0 Å². The molecule has 0 aromatic heterocycles. The van der Waals surface area contributed by atoms with Crippen LogP contribution in [-0.4, -0.2) is 13.5 Å². The maximum Gasteiger partial charge on any atom is 0.206 e. The Labute approximate surface area is 31.0 Å². The van der Waals surface area contributed by atoms with Gasteiger partial charge in [-0.1, -0.05) is 0 Å². The lowest BCUT2D eigenvalue weighted by molar-refractivity contribution is -0.109. The van der Waals surface area contributed by atoms with Crippen LogP contribution in [0.5, 0.6) is 0 Å². The Morgan fingerprint density at radius 1 is 1.80 bits per heavy atom. The monoisotopic (exact) mass is 76.1 g/mol. The minimum Gasteiger partial charge on any atom is -0.362 e. The Hall–Kier alpha value is -0.570. The molecule has 4 N–H and O–H groups in total. The molecular weight excluding hydrogens is 68.0 g/mol. The molecule has 0 aliphatic carbocycles. The smallest absolute Gasteiger partial charge is 0.206 e. The minimum absolute atomic E-state index is 0. The highest BCUT2D eigenvalue weighted by Gasteiger charge is 1.43. The van der Waals surface area contributed by atoms with Gasteiger partial charge in [0, 0.05) is 7.05 Å². The molecule has 5 heavy (non-hydrogen) atoms.